The molecule has 0 radical (unpaired) electrons. The van der Waals surface area contributed by atoms with Crippen LogP contribution >= 0.6 is 0 Å². The fraction of sp³-hybridized carbons (Fsp3) is 0.812. The maximum Gasteiger partial charge on any atom is 0.428 e. The first-order chi connectivity index (χ1) is 11.7. The smallest absolute Gasteiger partial charge is 0.428 e. The Morgan fingerprint density at radius 1 is 1.19 bits per heavy atom. The molecule has 7 nitrogen and oxygen atoms in total. The third-order valence-corrected chi connectivity index (χ3v) is 3.95. The molecule has 26 heavy (non-hydrogen) atoms. The lowest BCUT2D eigenvalue weighted by molar-refractivity contribution is -0.262. The highest BCUT2D eigenvalue weighted by Gasteiger charge is 2.62. The second-order valence-corrected chi connectivity index (χ2v) is 7.26. The number of halogens is 3. The van der Waals surface area contributed by atoms with Crippen LogP contribution in [0.25, 0.3) is 0 Å². The van der Waals surface area contributed by atoms with E-state index in [0.717, 1.165) is 0 Å². The number of amides is 1. The number of likely N-dealkylation sites (tertiary alicyclic amines) is 1. The normalized spacial score (nSPS) is 20.9. The number of ketones is 1. The van der Waals surface area contributed by atoms with Crippen LogP contribution in [0.5, 0.6) is 0 Å². The summed E-state index contributed by atoms with van der Waals surface area (Å²) in [5.74, 6) is -3.85. The summed E-state index contributed by atoms with van der Waals surface area (Å²) < 4.78 is 48.4. The van der Waals surface area contributed by atoms with Gasteiger partial charge in [0.2, 0.25) is 0 Å². The van der Waals surface area contributed by atoms with E-state index >= 15 is 0 Å². The summed E-state index contributed by atoms with van der Waals surface area (Å²) in [5.41, 5.74) is -4.66. The van der Waals surface area contributed by atoms with Gasteiger partial charge in [-0.1, -0.05) is 0 Å². The molecule has 0 aromatic heterocycles. The van der Waals surface area contributed by atoms with Gasteiger partial charge in [-0.05, 0) is 33.6 Å². The molecule has 1 rings (SSSR count). The Hall–Kier alpha value is -1.84. The molecule has 1 saturated heterocycles. The molecular formula is C16H24F3NO6. The van der Waals surface area contributed by atoms with E-state index in [1.807, 2.05) is 0 Å². The first-order valence-electron chi connectivity index (χ1n) is 8.09. The summed E-state index contributed by atoms with van der Waals surface area (Å²) >= 11 is 0. The molecule has 1 N–H and O–H groups in total. The van der Waals surface area contributed by atoms with Crippen LogP contribution in [0.2, 0.25) is 0 Å². The Labute approximate surface area is 149 Å². The van der Waals surface area contributed by atoms with Gasteiger partial charge in [-0.25, -0.2) is 9.59 Å². The average Bonchev–Trinajstić information content (AvgIpc) is 2.51. The number of nitrogens with zero attached hydrogens (tertiary/aromatic N) is 1. The van der Waals surface area contributed by atoms with Crippen LogP contribution in [0.1, 0.15) is 40.0 Å². The minimum atomic E-state index is -5.37. The van der Waals surface area contributed by atoms with Crippen molar-refractivity contribution in [3.05, 3.63) is 0 Å². The van der Waals surface area contributed by atoms with Gasteiger partial charge in [-0.15, -0.1) is 0 Å². The van der Waals surface area contributed by atoms with Gasteiger partial charge in [0.05, 0.1) is 13.5 Å². The lowest BCUT2D eigenvalue weighted by atomic mass is 9.86. The van der Waals surface area contributed by atoms with Crippen LogP contribution in [-0.2, 0) is 19.1 Å². The summed E-state index contributed by atoms with van der Waals surface area (Å²) in [6, 6.07) is 0. The predicted octanol–water partition coefficient (Wildman–Crippen LogP) is 2.06. The van der Waals surface area contributed by atoms with Crippen LogP contribution in [-0.4, -0.2) is 65.4 Å². The van der Waals surface area contributed by atoms with Crippen molar-refractivity contribution in [2.24, 2.45) is 5.92 Å². The van der Waals surface area contributed by atoms with Crippen LogP contribution in [0, 0.1) is 5.92 Å². The minimum absolute atomic E-state index is 0.136. The average molecular weight is 383 g/mol. The van der Waals surface area contributed by atoms with Crippen molar-refractivity contribution in [3.8, 4) is 0 Å². The van der Waals surface area contributed by atoms with E-state index in [0.29, 0.717) is 20.1 Å². The fourth-order valence-electron chi connectivity index (χ4n) is 2.59. The zero-order valence-corrected chi connectivity index (χ0v) is 15.2. The minimum Gasteiger partial charge on any atom is -0.467 e. The number of ether oxygens (including phenoxy) is 2. The second kappa shape index (κ2) is 7.81. The molecule has 1 amide bonds. The van der Waals surface area contributed by atoms with E-state index in [-0.39, 0.29) is 13.0 Å². The highest BCUT2D eigenvalue weighted by atomic mass is 19.4. The van der Waals surface area contributed by atoms with Crippen molar-refractivity contribution in [1.29, 1.82) is 0 Å². The van der Waals surface area contributed by atoms with Crippen molar-refractivity contribution in [3.63, 3.8) is 0 Å². The zero-order valence-electron chi connectivity index (χ0n) is 15.2. The number of rotatable bonds is 4. The van der Waals surface area contributed by atoms with Gasteiger partial charge in [0, 0.05) is 19.0 Å². The lowest BCUT2D eigenvalue weighted by Gasteiger charge is -2.35. The van der Waals surface area contributed by atoms with Gasteiger partial charge in [0.25, 0.3) is 5.60 Å². The molecule has 1 fully saturated rings. The first-order valence-corrected chi connectivity index (χ1v) is 8.09. The van der Waals surface area contributed by atoms with Crippen molar-refractivity contribution < 1.29 is 42.1 Å². The first kappa shape index (κ1) is 22.2. The van der Waals surface area contributed by atoms with E-state index in [9.17, 15) is 32.7 Å². The molecule has 1 heterocycles. The summed E-state index contributed by atoms with van der Waals surface area (Å²) in [7, 11) is 0.689. The number of Topliss-reactive ketones (excluding diaryl/α,β-unsaturated/α-hetero) is 1. The fourth-order valence-corrected chi connectivity index (χ4v) is 2.59. The van der Waals surface area contributed by atoms with Gasteiger partial charge in [0.1, 0.15) is 11.4 Å². The van der Waals surface area contributed by atoms with Crippen molar-refractivity contribution >= 4 is 17.8 Å². The van der Waals surface area contributed by atoms with Gasteiger partial charge >= 0.3 is 18.2 Å². The van der Waals surface area contributed by atoms with E-state index in [1.165, 1.54) is 4.90 Å². The molecule has 0 aromatic rings. The number of hydrogen-bond donors (Lipinski definition) is 1. The summed E-state index contributed by atoms with van der Waals surface area (Å²) in [6.07, 6.45) is -6.87. The van der Waals surface area contributed by atoms with Gasteiger partial charge < -0.3 is 19.5 Å². The van der Waals surface area contributed by atoms with E-state index < -0.39 is 47.6 Å². The lowest BCUT2D eigenvalue weighted by Crippen LogP contribution is -2.55. The molecule has 1 aliphatic rings. The number of esters is 1. The Morgan fingerprint density at radius 3 is 2.23 bits per heavy atom. The quantitative estimate of drug-likeness (QED) is 0.747. The Bertz CT molecular complexity index is 557. The van der Waals surface area contributed by atoms with E-state index in [1.54, 1.807) is 20.8 Å². The molecule has 0 bridgehead atoms. The van der Waals surface area contributed by atoms with E-state index in [4.69, 9.17) is 4.74 Å². The monoisotopic (exact) mass is 383 g/mol. The number of alkyl halides is 3. The van der Waals surface area contributed by atoms with E-state index in [2.05, 4.69) is 4.74 Å². The van der Waals surface area contributed by atoms with Gasteiger partial charge in [-0.3, -0.25) is 4.79 Å². The maximum absolute atomic E-state index is 13.1. The number of hydrogen-bond acceptors (Lipinski definition) is 6. The SMILES string of the molecule is COC(=O)C(O)(CC(=O)C1CCCN(C(=O)OC(C)(C)C)C1)C(F)(F)F. The predicted molar refractivity (Wildman–Crippen MR) is 83.2 cm³/mol. The van der Waals surface area contributed by atoms with Crippen LogP contribution < -0.4 is 0 Å². The molecule has 2 unspecified atom stereocenters. The topological polar surface area (TPSA) is 93.1 Å². The molecule has 0 saturated carbocycles. The molecule has 2 atom stereocenters. The van der Waals surface area contributed by atoms with Gasteiger partial charge in [0.15, 0.2) is 0 Å². The number of carbonyl (C=O) groups excluding carboxylic acids is 3. The van der Waals surface area contributed by atoms with Crippen LogP contribution in [0.3, 0.4) is 0 Å². The summed E-state index contributed by atoms with van der Waals surface area (Å²) in [5, 5.41) is 9.72. The van der Waals surface area contributed by atoms with Crippen molar-refractivity contribution in [1.82, 2.24) is 4.90 Å². The molecule has 0 aliphatic carbocycles. The molecule has 0 aromatic carbocycles. The molecule has 1 aliphatic heterocycles. The highest BCUT2D eigenvalue weighted by Crippen LogP contribution is 2.36. The second-order valence-electron chi connectivity index (χ2n) is 7.26. The summed E-state index contributed by atoms with van der Waals surface area (Å²) in [6.45, 7) is 5.16. The van der Waals surface area contributed by atoms with Crippen molar-refractivity contribution in [2.75, 3.05) is 20.2 Å². The standard InChI is InChI=1S/C16H24F3NO6/c1-14(2,3)26-13(23)20-7-5-6-10(9-20)11(21)8-15(24,12(22)25-4)16(17,18)19/h10,24H,5-9H2,1-4H3. The summed E-state index contributed by atoms with van der Waals surface area (Å²) in [4.78, 5) is 37.0. The van der Waals surface area contributed by atoms with Crippen LogP contribution in [0.15, 0.2) is 0 Å². The Balaban J connectivity index is 2.86. The molecule has 10 heteroatoms. The van der Waals surface area contributed by atoms with Crippen LogP contribution in [0.4, 0.5) is 18.0 Å². The van der Waals surface area contributed by atoms with Gasteiger partial charge in [-0.2, -0.15) is 13.2 Å². The Morgan fingerprint density at radius 2 is 1.77 bits per heavy atom. The molecule has 150 valence electrons. The van der Waals surface area contributed by atoms with Crippen molar-refractivity contribution in [2.45, 2.75) is 57.4 Å². The number of carbonyl (C=O) groups is 3. The largest absolute Gasteiger partial charge is 0.467 e. The third-order valence-electron chi connectivity index (χ3n) is 3.95. The maximum atomic E-state index is 13.1. The highest BCUT2D eigenvalue weighted by molar-refractivity contribution is 5.91. The number of aliphatic hydroxyl groups is 1. The number of piperidine rings is 1. The zero-order chi connectivity index (χ0) is 20.3. The Kier molecular flexibility index (Phi) is 6.67. The third kappa shape index (κ3) is 5.33. The number of methoxy groups -OCH3 is 1. The molecule has 0 spiro atoms. The molecular weight excluding hydrogens is 359 g/mol.